The van der Waals surface area contributed by atoms with Crippen LogP contribution in [0.25, 0.3) is 0 Å². The summed E-state index contributed by atoms with van der Waals surface area (Å²) in [6.07, 6.45) is 0. The molecule has 2 amide bonds. The number of aryl methyl sites for hydroxylation is 2. The number of anilines is 2. The second-order valence-corrected chi connectivity index (χ2v) is 6.31. The van der Waals surface area contributed by atoms with E-state index in [4.69, 9.17) is 0 Å². The molecule has 0 spiro atoms. The van der Waals surface area contributed by atoms with Gasteiger partial charge >= 0.3 is 0 Å². The molecule has 0 aliphatic heterocycles. The van der Waals surface area contributed by atoms with Crippen LogP contribution in [0.4, 0.5) is 11.4 Å². The molecule has 23 heavy (non-hydrogen) atoms. The third-order valence-corrected chi connectivity index (χ3v) is 4.36. The lowest BCUT2D eigenvalue weighted by Gasteiger charge is -2.21. The van der Waals surface area contributed by atoms with Gasteiger partial charge in [0.1, 0.15) is 6.54 Å². The average Bonchev–Trinajstić information content (AvgIpc) is 2.50. The van der Waals surface area contributed by atoms with Crippen molar-refractivity contribution in [3.8, 4) is 0 Å². The van der Waals surface area contributed by atoms with Gasteiger partial charge < -0.3 is 10.2 Å². The van der Waals surface area contributed by atoms with Crippen LogP contribution in [0.2, 0.25) is 0 Å². The van der Waals surface area contributed by atoms with Crippen molar-refractivity contribution in [2.45, 2.75) is 20.8 Å². The van der Waals surface area contributed by atoms with Crippen LogP contribution in [0.1, 0.15) is 18.1 Å². The first kappa shape index (κ1) is 17.2. The third-order valence-electron chi connectivity index (χ3n) is 3.47. The van der Waals surface area contributed by atoms with Crippen molar-refractivity contribution < 1.29 is 9.59 Å². The van der Waals surface area contributed by atoms with Crippen LogP contribution in [0.15, 0.2) is 46.9 Å². The molecule has 1 N–H and O–H groups in total. The standard InChI is InChI=1S/C18H19BrN2O2/c1-12-4-6-15(7-5-12)20-18(23)11-21(14(3)22)16-8-9-17(19)13(2)10-16/h4-10H,11H2,1-3H3,(H,20,23). The zero-order valence-electron chi connectivity index (χ0n) is 13.4. The Labute approximate surface area is 144 Å². The van der Waals surface area contributed by atoms with E-state index >= 15 is 0 Å². The largest absolute Gasteiger partial charge is 0.325 e. The lowest BCUT2D eigenvalue weighted by atomic mass is 10.2. The summed E-state index contributed by atoms with van der Waals surface area (Å²) in [4.78, 5) is 25.6. The molecule has 120 valence electrons. The molecule has 4 nitrogen and oxygen atoms in total. The third kappa shape index (κ3) is 4.66. The predicted octanol–water partition coefficient (Wildman–Crippen LogP) is 4.06. The second-order valence-electron chi connectivity index (χ2n) is 5.45. The van der Waals surface area contributed by atoms with Crippen molar-refractivity contribution in [1.29, 1.82) is 0 Å². The molecule has 0 fully saturated rings. The zero-order chi connectivity index (χ0) is 17.0. The van der Waals surface area contributed by atoms with Crippen LogP contribution in [0.3, 0.4) is 0 Å². The predicted molar refractivity (Wildman–Crippen MR) is 96.7 cm³/mol. The molecule has 0 saturated carbocycles. The van der Waals surface area contributed by atoms with E-state index in [1.807, 2.05) is 56.3 Å². The fourth-order valence-corrected chi connectivity index (χ4v) is 2.41. The SMILES string of the molecule is CC(=O)N(CC(=O)Nc1ccc(C)cc1)c1ccc(Br)c(C)c1. The normalized spacial score (nSPS) is 10.3. The van der Waals surface area contributed by atoms with Crippen molar-refractivity contribution in [2.24, 2.45) is 0 Å². The molecule has 2 aromatic carbocycles. The number of hydrogen-bond acceptors (Lipinski definition) is 2. The minimum absolute atomic E-state index is 0.0235. The summed E-state index contributed by atoms with van der Waals surface area (Å²) in [6, 6.07) is 13.1. The summed E-state index contributed by atoms with van der Waals surface area (Å²) in [5.74, 6) is -0.407. The van der Waals surface area contributed by atoms with Gasteiger partial charge in [-0.05, 0) is 49.7 Å². The van der Waals surface area contributed by atoms with Gasteiger partial charge in [-0.25, -0.2) is 0 Å². The van der Waals surface area contributed by atoms with Gasteiger partial charge in [0.05, 0.1) is 0 Å². The second kappa shape index (κ2) is 7.42. The highest BCUT2D eigenvalue weighted by Crippen LogP contribution is 2.23. The molecule has 2 aromatic rings. The van der Waals surface area contributed by atoms with Gasteiger partial charge in [-0.1, -0.05) is 33.6 Å². The minimum Gasteiger partial charge on any atom is -0.325 e. The van der Waals surface area contributed by atoms with Gasteiger partial charge in [-0.3, -0.25) is 9.59 Å². The summed E-state index contributed by atoms with van der Waals surface area (Å²) in [5.41, 5.74) is 3.56. The van der Waals surface area contributed by atoms with Gasteiger partial charge in [0.25, 0.3) is 0 Å². The van der Waals surface area contributed by atoms with E-state index < -0.39 is 0 Å². The maximum Gasteiger partial charge on any atom is 0.244 e. The average molecular weight is 375 g/mol. The Bertz CT molecular complexity index is 726. The number of carbonyl (C=O) groups excluding carboxylic acids is 2. The van der Waals surface area contributed by atoms with Crippen LogP contribution in [0, 0.1) is 13.8 Å². The van der Waals surface area contributed by atoms with Crippen molar-refractivity contribution in [3.63, 3.8) is 0 Å². The Kier molecular flexibility index (Phi) is 5.55. The van der Waals surface area contributed by atoms with Crippen molar-refractivity contribution in [3.05, 3.63) is 58.1 Å². The fraction of sp³-hybridized carbons (Fsp3) is 0.222. The lowest BCUT2D eigenvalue weighted by Crippen LogP contribution is -2.36. The number of hydrogen-bond donors (Lipinski definition) is 1. The Morgan fingerprint density at radius 3 is 2.30 bits per heavy atom. The molecule has 0 saturated heterocycles. The quantitative estimate of drug-likeness (QED) is 0.876. The summed E-state index contributed by atoms with van der Waals surface area (Å²) in [5, 5.41) is 2.81. The number of halogens is 1. The molecule has 0 bridgehead atoms. The van der Waals surface area contributed by atoms with E-state index in [1.165, 1.54) is 11.8 Å². The molecule has 0 aliphatic carbocycles. The monoisotopic (exact) mass is 374 g/mol. The molecular formula is C18H19BrN2O2. The van der Waals surface area contributed by atoms with Gasteiger partial charge in [0.15, 0.2) is 0 Å². The van der Waals surface area contributed by atoms with Crippen LogP contribution in [0.5, 0.6) is 0 Å². The Hall–Kier alpha value is -2.14. The van der Waals surface area contributed by atoms with Crippen molar-refractivity contribution in [1.82, 2.24) is 0 Å². The van der Waals surface area contributed by atoms with Crippen LogP contribution >= 0.6 is 15.9 Å². The number of rotatable bonds is 4. The zero-order valence-corrected chi connectivity index (χ0v) is 15.0. The maximum atomic E-state index is 12.2. The van der Waals surface area contributed by atoms with Crippen LogP contribution in [-0.4, -0.2) is 18.4 Å². The van der Waals surface area contributed by atoms with E-state index in [1.54, 1.807) is 0 Å². The van der Waals surface area contributed by atoms with E-state index in [0.29, 0.717) is 5.69 Å². The molecule has 0 aliphatic rings. The van der Waals surface area contributed by atoms with E-state index in [2.05, 4.69) is 21.2 Å². The Morgan fingerprint density at radius 2 is 1.74 bits per heavy atom. The van der Waals surface area contributed by atoms with Crippen LogP contribution in [-0.2, 0) is 9.59 Å². The molecule has 5 heteroatoms. The summed E-state index contributed by atoms with van der Waals surface area (Å²) in [6.45, 7) is 5.36. The first-order valence-electron chi connectivity index (χ1n) is 7.27. The number of carbonyl (C=O) groups is 2. The molecule has 2 rings (SSSR count). The lowest BCUT2D eigenvalue weighted by molar-refractivity contribution is -0.120. The van der Waals surface area contributed by atoms with Crippen LogP contribution < -0.4 is 10.2 Å². The highest BCUT2D eigenvalue weighted by Gasteiger charge is 2.16. The van der Waals surface area contributed by atoms with E-state index in [0.717, 1.165) is 21.3 Å². The Balaban J connectivity index is 2.12. The fourth-order valence-electron chi connectivity index (χ4n) is 2.16. The maximum absolute atomic E-state index is 12.2. The first-order chi connectivity index (χ1) is 10.9. The highest BCUT2D eigenvalue weighted by atomic mass is 79.9. The van der Waals surface area contributed by atoms with E-state index in [-0.39, 0.29) is 18.4 Å². The molecule has 0 heterocycles. The highest BCUT2D eigenvalue weighted by molar-refractivity contribution is 9.10. The van der Waals surface area contributed by atoms with Gasteiger partial charge in [-0.2, -0.15) is 0 Å². The van der Waals surface area contributed by atoms with Gasteiger partial charge in [-0.15, -0.1) is 0 Å². The number of benzene rings is 2. The molecule has 0 radical (unpaired) electrons. The number of nitrogens with one attached hydrogen (secondary N) is 1. The minimum atomic E-state index is -0.232. The van der Waals surface area contributed by atoms with Gasteiger partial charge in [0, 0.05) is 22.8 Å². The van der Waals surface area contributed by atoms with Crippen molar-refractivity contribution in [2.75, 3.05) is 16.8 Å². The van der Waals surface area contributed by atoms with Crippen molar-refractivity contribution >= 4 is 39.1 Å². The first-order valence-corrected chi connectivity index (χ1v) is 8.07. The Morgan fingerprint density at radius 1 is 1.09 bits per heavy atom. The number of amides is 2. The summed E-state index contributed by atoms with van der Waals surface area (Å²) in [7, 11) is 0. The van der Waals surface area contributed by atoms with E-state index in [9.17, 15) is 9.59 Å². The molecule has 0 atom stereocenters. The summed E-state index contributed by atoms with van der Waals surface area (Å²) < 4.78 is 0.967. The summed E-state index contributed by atoms with van der Waals surface area (Å²) >= 11 is 3.43. The molecular weight excluding hydrogens is 356 g/mol. The smallest absolute Gasteiger partial charge is 0.244 e. The topological polar surface area (TPSA) is 49.4 Å². The molecule has 0 unspecified atom stereocenters. The van der Waals surface area contributed by atoms with Gasteiger partial charge in [0.2, 0.25) is 11.8 Å². The molecule has 0 aromatic heterocycles. The number of nitrogens with zero attached hydrogens (tertiary/aromatic N) is 1.